The zero-order valence-corrected chi connectivity index (χ0v) is 20.7. The van der Waals surface area contributed by atoms with Crippen molar-refractivity contribution in [2.45, 2.75) is 76.0 Å². The van der Waals surface area contributed by atoms with Crippen molar-refractivity contribution in [2.24, 2.45) is 5.73 Å². The van der Waals surface area contributed by atoms with Crippen molar-refractivity contribution in [3.63, 3.8) is 0 Å². The largest absolute Gasteiger partial charge is 0.445 e. The molecule has 0 unspecified atom stereocenters. The van der Waals surface area contributed by atoms with E-state index in [4.69, 9.17) is 10.5 Å². The summed E-state index contributed by atoms with van der Waals surface area (Å²) >= 11 is 0. The van der Waals surface area contributed by atoms with Crippen molar-refractivity contribution < 1.29 is 24.5 Å². The minimum Gasteiger partial charge on any atom is -0.445 e. The molecule has 190 valence electrons. The van der Waals surface area contributed by atoms with Gasteiger partial charge in [0.15, 0.2) is 0 Å². The van der Waals surface area contributed by atoms with Gasteiger partial charge in [0.1, 0.15) is 12.1 Å². The van der Waals surface area contributed by atoms with Crippen LogP contribution >= 0.6 is 0 Å². The van der Waals surface area contributed by atoms with E-state index in [1.807, 2.05) is 86.3 Å². The second kappa shape index (κ2) is 11.2. The lowest BCUT2D eigenvalue weighted by atomic mass is 9.82. The fraction of sp³-hybridized carbons (Fsp3) is 0.481. The average molecular weight is 484 g/mol. The zero-order valence-electron chi connectivity index (χ0n) is 20.7. The van der Waals surface area contributed by atoms with Gasteiger partial charge in [-0.2, -0.15) is 0 Å². The van der Waals surface area contributed by atoms with E-state index in [2.05, 4.69) is 5.32 Å². The van der Waals surface area contributed by atoms with Crippen molar-refractivity contribution in [1.29, 1.82) is 0 Å². The van der Waals surface area contributed by atoms with Gasteiger partial charge in [0.25, 0.3) is 0 Å². The van der Waals surface area contributed by atoms with Crippen LogP contribution < -0.4 is 11.1 Å². The SMILES string of the molecule is CC(C)(C)N1C[C@H](O)C[C@@]1(C[C@@H](O)[C@H](Cc1ccccc1)NC(=O)OCc1ccccc1)C(N)=O. The fourth-order valence-corrected chi connectivity index (χ4v) is 4.95. The number of likely N-dealkylation sites (tertiary alicyclic amines) is 1. The molecule has 2 aromatic rings. The summed E-state index contributed by atoms with van der Waals surface area (Å²) in [4.78, 5) is 27.3. The van der Waals surface area contributed by atoms with Crippen LogP contribution in [-0.4, -0.2) is 63.0 Å². The number of carbonyl (C=O) groups is 2. The summed E-state index contributed by atoms with van der Waals surface area (Å²) in [5.74, 6) is -0.604. The van der Waals surface area contributed by atoms with Gasteiger partial charge in [0, 0.05) is 24.9 Å². The number of nitrogens with two attached hydrogens (primary N) is 1. The number of rotatable bonds is 9. The van der Waals surface area contributed by atoms with E-state index in [1.54, 1.807) is 0 Å². The van der Waals surface area contributed by atoms with Gasteiger partial charge >= 0.3 is 6.09 Å². The molecule has 1 aliphatic rings. The van der Waals surface area contributed by atoms with Crippen LogP contribution in [-0.2, 0) is 22.6 Å². The normalized spacial score (nSPS) is 22.4. The lowest BCUT2D eigenvalue weighted by molar-refractivity contribution is -0.134. The van der Waals surface area contributed by atoms with Gasteiger partial charge in [-0.05, 0) is 38.3 Å². The van der Waals surface area contributed by atoms with Crippen LogP contribution in [0.15, 0.2) is 60.7 Å². The van der Waals surface area contributed by atoms with E-state index < -0.39 is 41.3 Å². The first-order chi connectivity index (χ1) is 16.5. The highest BCUT2D eigenvalue weighted by Gasteiger charge is 2.54. The van der Waals surface area contributed by atoms with Crippen molar-refractivity contribution in [3.05, 3.63) is 71.8 Å². The Balaban J connectivity index is 1.80. The Hall–Kier alpha value is -2.94. The third-order valence-corrected chi connectivity index (χ3v) is 6.58. The summed E-state index contributed by atoms with van der Waals surface area (Å²) in [6, 6.07) is 18.0. The molecule has 0 bridgehead atoms. The summed E-state index contributed by atoms with van der Waals surface area (Å²) in [5.41, 5.74) is 5.92. The van der Waals surface area contributed by atoms with Crippen LogP contribution in [0.25, 0.3) is 0 Å². The number of ether oxygens (including phenoxy) is 1. The molecule has 0 saturated carbocycles. The molecular weight excluding hydrogens is 446 g/mol. The Morgan fingerprint density at radius 1 is 1.11 bits per heavy atom. The standard InChI is InChI=1S/C27H37N3O5/c1-26(2,3)30-17-21(31)15-27(30,24(28)33)16-23(32)22(14-19-10-6-4-7-11-19)29-25(34)35-18-20-12-8-5-9-13-20/h4-13,21-23,31-32H,14-18H2,1-3H3,(H2,28,33)(H,29,34)/t21-,22+,23-,27-/m1/s1. The van der Waals surface area contributed by atoms with E-state index in [0.717, 1.165) is 11.1 Å². The molecule has 35 heavy (non-hydrogen) atoms. The monoisotopic (exact) mass is 483 g/mol. The molecular formula is C27H37N3O5. The van der Waals surface area contributed by atoms with Crippen LogP contribution in [0.2, 0.25) is 0 Å². The first-order valence-electron chi connectivity index (χ1n) is 12.0. The molecule has 8 heteroatoms. The van der Waals surface area contributed by atoms with E-state index in [-0.39, 0.29) is 26.0 Å². The van der Waals surface area contributed by atoms with Crippen molar-refractivity contribution in [2.75, 3.05) is 6.54 Å². The van der Waals surface area contributed by atoms with Crippen LogP contribution in [0.1, 0.15) is 44.7 Å². The number of nitrogens with one attached hydrogen (secondary N) is 1. The number of primary amides is 1. The van der Waals surface area contributed by atoms with Gasteiger partial charge in [-0.3, -0.25) is 9.69 Å². The molecule has 0 radical (unpaired) electrons. The van der Waals surface area contributed by atoms with Crippen molar-refractivity contribution in [1.82, 2.24) is 10.2 Å². The first-order valence-corrected chi connectivity index (χ1v) is 12.0. The van der Waals surface area contributed by atoms with Gasteiger partial charge in [-0.1, -0.05) is 60.7 Å². The minimum atomic E-state index is -1.25. The van der Waals surface area contributed by atoms with E-state index in [9.17, 15) is 19.8 Å². The molecule has 8 nitrogen and oxygen atoms in total. The number of benzene rings is 2. The molecule has 1 saturated heterocycles. The molecule has 1 heterocycles. The third kappa shape index (κ3) is 6.81. The number of amides is 2. The van der Waals surface area contributed by atoms with Crippen LogP contribution in [0.3, 0.4) is 0 Å². The molecule has 0 aliphatic carbocycles. The van der Waals surface area contributed by atoms with E-state index in [1.165, 1.54) is 0 Å². The van der Waals surface area contributed by atoms with Gasteiger partial charge in [-0.25, -0.2) is 4.79 Å². The number of aliphatic hydroxyl groups is 2. The number of hydrogen-bond donors (Lipinski definition) is 4. The van der Waals surface area contributed by atoms with Gasteiger partial charge in [0.2, 0.25) is 5.91 Å². The molecule has 5 N–H and O–H groups in total. The van der Waals surface area contributed by atoms with Gasteiger partial charge in [-0.15, -0.1) is 0 Å². The van der Waals surface area contributed by atoms with Crippen LogP contribution in [0, 0.1) is 0 Å². The van der Waals surface area contributed by atoms with Crippen LogP contribution in [0.5, 0.6) is 0 Å². The Bertz CT molecular complexity index is 979. The predicted octanol–water partition coefficient (Wildman–Crippen LogP) is 2.36. The summed E-state index contributed by atoms with van der Waals surface area (Å²) < 4.78 is 5.38. The van der Waals surface area contributed by atoms with Gasteiger partial charge < -0.3 is 26.0 Å². The Labute approximate surface area is 207 Å². The second-order valence-electron chi connectivity index (χ2n) is 10.3. The molecule has 1 fully saturated rings. The quantitative estimate of drug-likeness (QED) is 0.434. The number of carbonyl (C=O) groups excluding carboxylic acids is 2. The van der Waals surface area contributed by atoms with Gasteiger partial charge in [0.05, 0.1) is 18.2 Å². The summed E-state index contributed by atoms with van der Waals surface area (Å²) in [6.07, 6.45) is -2.12. The fourth-order valence-electron chi connectivity index (χ4n) is 4.95. The number of nitrogens with zero attached hydrogens (tertiary/aromatic N) is 1. The Morgan fingerprint density at radius 2 is 1.69 bits per heavy atom. The maximum Gasteiger partial charge on any atom is 0.407 e. The first kappa shape index (κ1) is 26.7. The van der Waals surface area contributed by atoms with E-state index >= 15 is 0 Å². The molecule has 4 atom stereocenters. The predicted molar refractivity (Wildman–Crippen MR) is 133 cm³/mol. The maximum absolute atomic E-state index is 12.8. The molecule has 1 aliphatic heterocycles. The molecule has 0 spiro atoms. The lowest BCUT2D eigenvalue weighted by Gasteiger charge is -2.45. The molecule has 2 amide bonds. The number of hydrogen-bond acceptors (Lipinski definition) is 6. The number of aliphatic hydroxyl groups excluding tert-OH is 2. The molecule has 2 aromatic carbocycles. The number of alkyl carbamates (subject to hydrolysis) is 1. The topological polar surface area (TPSA) is 125 Å². The molecule has 3 rings (SSSR count). The smallest absolute Gasteiger partial charge is 0.407 e. The van der Waals surface area contributed by atoms with Crippen molar-refractivity contribution in [3.8, 4) is 0 Å². The van der Waals surface area contributed by atoms with Crippen LogP contribution in [0.4, 0.5) is 4.79 Å². The zero-order chi connectivity index (χ0) is 25.6. The highest BCUT2D eigenvalue weighted by molar-refractivity contribution is 5.85. The minimum absolute atomic E-state index is 0.0346. The lowest BCUT2D eigenvalue weighted by Crippen LogP contribution is -2.62. The maximum atomic E-state index is 12.8. The number of β-amino-alcohol motifs (C(OH)–C–C–N with tert-alkyl or cyclic N) is 1. The highest BCUT2D eigenvalue weighted by Crippen LogP contribution is 2.39. The molecule has 0 aromatic heterocycles. The summed E-state index contributed by atoms with van der Waals surface area (Å²) in [7, 11) is 0. The van der Waals surface area contributed by atoms with Crippen molar-refractivity contribution >= 4 is 12.0 Å². The highest BCUT2D eigenvalue weighted by atomic mass is 16.5. The summed E-state index contributed by atoms with van der Waals surface area (Å²) in [5, 5.41) is 24.6. The third-order valence-electron chi connectivity index (χ3n) is 6.58. The Kier molecular flexibility index (Phi) is 8.53. The Morgan fingerprint density at radius 3 is 2.23 bits per heavy atom. The van der Waals surface area contributed by atoms with E-state index in [0.29, 0.717) is 6.42 Å². The summed E-state index contributed by atoms with van der Waals surface area (Å²) in [6.45, 7) is 6.19. The second-order valence-corrected chi connectivity index (χ2v) is 10.3. The average Bonchev–Trinajstić information content (AvgIpc) is 3.16.